The Balaban J connectivity index is 1.94. The fourth-order valence-electron chi connectivity index (χ4n) is 2.88. The molecule has 4 heteroatoms. The summed E-state index contributed by atoms with van der Waals surface area (Å²) < 4.78 is 10.8. The summed E-state index contributed by atoms with van der Waals surface area (Å²) in [5.41, 5.74) is 2.31. The molecule has 1 unspecified atom stereocenters. The summed E-state index contributed by atoms with van der Waals surface area (Å²) in [7, 11) is 0. The molecule has 0 amide bonds. The van der Waals surface area contributed by atoms with Gasteiger partial charge in [-0.3, -0.25) is 4.90 Å². The Labute approximate surface area is 107 Å². The molecule has 2 aliphatic rings. The van der Waals surface area contributed by atoms with Crippen molar-refractivity contribution in [2.75, 3.05) is 26.5 Å². The molecule has 1 N–H and O–H groups in total. The summed E-state index contributed by atoms with van der Waals surface area (Å²) in [5, 5.41) is 9.70. The molecule has 0 saturated carbocycles. The van der Waals surface area contributed by atoms with E-state index in [9.17, 15) is 5.11 Å². The van der Waals surface area contributed by atoms with Gasteiger partial charge in [-0.25, -0.2) is 0 Å². The van der Waals surface area contributed by atoms with Gasteiger partial charge in [-0.1, -0.05) is 0 Å². The molecule has 1 aromatic carbocycles. The van der Waals surface area contributed by atoms with Crippen LogP contribution >= 0.6 is 0 Å². The molecular weight excluding hydrogens is 230 g/mol. The third-order valence-electron chi connectivity index (χ3n) is 3.87. The zero-order valence-electron chi connectivity index (χ0n) is 10.7. The molecule has 3 rings (SSSR count). The molecule has 2 aliphatic heterocycles. The van der Waals surface area contributed by atoms with Crippen LogP contribution in [0.15, 0.2) is 12.1 Å². The molecule has 1 fully saturated rings. The second kappa shape index (κ2) is 4.78. The van der Waals surface area contributed by atoms with Crippen molar-refractivity contribution in [1.82, 2.24) is 4.90 Å². The number of fused-ring (bicyclic) bond motifs is 1. The zero-order valence-corrected chi connectivity index (χ0v) is 10.7. The van der Waals surface area contributed by atoms with Gasteiger partial charge in [0.25, 0.3) is 0 Å². The lowest BCUT2D eigenvalue weighted by Crippen LogP contribution is -2.28. The number of ether oxygens (including phenoxy) is 2. The first-order chi connectivity index (χ1) is 8.79. The first-order valence-electron chi connectivity index (χ1n) is 6.54. The van der Waals surface area contributed by atoms with Crippen LogP contribution in [-0.2, 0) is 0 Å². The molecule has 18 heavy (non-hydrogen) atoms. The van der Waals surface area contributed by atoms with E-state index in [-0.39, 0.29) is 12.6 Å². The topological polar surface area (TPSA) is 41.9 Å². The number of aliphatic hydroxyl groups is 1. The smallest absolute Gasteiger partial charge is 0.231 e. The fourth-order valence-corrected chi connectivity index (χ4v) is 2.88. The standard InChI is InChI=1S/C14H19NO3/c1-10-6-13-14(18-9-17-13)7-11(10)12(8-16)15-4-2-3-5-15/h6-7,12,16H,2-5,8-9H2,1H3. The van der Waals surface area contributed by atoms with Gasteiger partial charge in [0.1, 0.15) is 0 Å². The van der Waals surface area contributed by atoms with Crippen molar-refractivity contribution < 1.29 is 14.6 Å². The first-order valence-corrected chi connectivity index (χ1v) is 6.54. The predicted octanol–water partition coefficient (Wildman–Crippen LogP) is 1.85. The highest BCUT2D eigenvalue weighted by atomic mass is 16.7. The Bertz CT molecular complexity index is 441. The van der Waals surface area contributed by atoms with Crippen LogP contribution in [0.5, 0.6) is 11.5 Å². The Kier molecular flexibility index (Phi) is 3.14. The summed E-state index contributed by atoms with van der Waals surface area (Å²) in [5.74, 6) is 1.61. The summed E-state index contributed by atoms with van der Waals surface area (Å²) in [4.78, 5) is 2.35. The number of likely N-dealkylation sites (tertiary alicyclic amines) is 1. The Morgan fingerprint density at radius 1 is 1.22 bits per heavy atom. The average molecular weight is 249 g/mol. The number of rotatable bonds is 3. The van der Waals surface area contributed by atoms with Gasteiger partial charge in [0.15, 0.2) is 11.5 Å². The normalized spacial score (nSPS) is 20.3. The van der Waals surface area contributed by atoms with Crippen molar-refractivity contribution in [3.63, 3.8) is 0 Å². The van der Waals surface area contributed by atoms with Crippen molar-refractivity contribution in [3.05, 3.63) is 23.3 Å². The summed E-state index contributed by atoms with van der Waals surface area (Å²) in [6.45, 7) is 4.65. The maximum Gasteiger partial charge on any atom is 0.231 e. The molecule has 1 aromatic rings. The Hall–Kier alpha value is -1.26. The Morgan fingerprint density at radius 3 is 2.56 bits per heavy atom. The quantitative estimate of drug-likeness (QED) is 0.887. The van der Waals surface area contributed by atoms with E-state index < -0.39 is 0 Å². The fraction of sp³-hybridized carbons (Fsp3) is 0.571. The van der Waals surface area contributed by atoms with Crippen LogP contribution in [-0.4, -0.2) is 36.5 Å². The first kappa shape index (κ1) is 11.8. The predicted molar refractivity (Wildman–Crippen MR) is 67.9 cm³/mol. The second-order valence-corrected chi connectivity index (χ2v) is 5.00. The highest BCUT2D eigenvalue weighted by molar-refractivity contribution is 5.49. The van der Waals surface area contributed by atoms with Crippen molar-refractivity contribution in [2.24, 2.45) is 0 Å². The highest BCUT2D eigenvalue weighted by Gasteiger charge is 2.26. The minimum atomic E-state index is 0.0852. The minimum absolute atomic E-state index is 0.0852. The zero-order chi connectivity index (χ0) is 12.5. The van der Waals surface area contributed by atoms with Crippen molar-refractivity contribution in [2.45, 2.75) is 25.8 Å². The van der Waals surface area contributed by atoms with E-state index in [1.807, 2.05) is 12.1 Å². The van der Waals surface area contributed by atoms with E-state index in [1.165, 1.54) is 12.8 Å². The van der Waals surface area contributed by atoms with Crippen molar-refractivity contribution in [1.29, 1.82) is 0 Å². The van der Waals surface area contributed by atoms with Gasteiger partial charge in [-0.2, -0.15) is 0 Å². The average Bonchev–Trinajstić information content (AvgIpc) is 3.01. The summed E-state index contributed by atoms with van der Waals surface area (Å²) >= 11 is 0. The molecule has 1 saturated heterocycles. The van der Waals surface area contributed by atoms with Crippen LogP contribution in [0.1, 0.15) is 30.0 Å². The molecule has 98 valence electrons. The Morgan fingerprint density at radius 2 is 1.89 bits per heavy atom. The van der Waals surface area contributed by atoms with Gasteiger partial charge >= 0.3 is 0 Å². The van der Waals surface area contributed by atoms with Gasteiger partial charge in [-0.15, -0.1) is 0 Å². The van der Waals surface area contributed by atoms with Gasteiger partial charge in [-0.05, 0) is 56.1 Å². The molecule has 0 radical (unpaired) electrons. The molecule has 0 aromatic heterocycles. The van der Waals surface area contributed by atoms with Gasteiger partial charge in [0.05, 0.1) is 12.6 Å². The maximum absolute atomic E-state index is 9.70. The summed E-state index contributed by atoms with van der Waals surface area (Å²) in [6.07, 6.45) is 2.44. The molecular formula is C14H19NO3. The number of hydrogen-bond donors (Lipinski definition) is 1. The molecule has 0 aliphatic carbocycles. The third kappa shape index (κ3) is 1.95. The van der Waals surface area contributed by atoms with E-state index in [1.54, 1.807) is 0 Å². The van der Waals surface area contributed by atoms with Gasteiger partial charge in [0.2, 0.25) is 6.79 Å². The molecule has 0 bridgehead atoms. The van der Waals surface area contributed by atoms with Gasteiger partial charge < -0.3 is 14.6 Å². The molecule has 1 atom stereocenters. The SMILES string of the molecule is Cc1cc2c(cc1C(CO)N1CCCC1)OCO2. The van der Waals surface area contributed by atoms with Crippen LogP contribution in [0.4, 0.5) is 0 Å². The van der Waals surface area contributed by atoms with Crippen LogP contribution in [0, 0.1) is 6.92 Å². The number of aliphatic hydroxyl groups excluding tert-OH is 1. The summed E-state index contributed by atoms with van der Waals surface area (Å²) in [6, 6.07) is 4.12. The largest absolute Gasteiger partial charge is 0.454 e. The van der Waals surface area contributed by atoms with Crippen molar-refractivity contribution in [3.8, 4) is 11.5 Å². The highest BCUT2D eigenvalue weighted by Crippen LogP contribution is 2.38. The molecule has 2 heterocycles. The van der Waals surface area contributed by atoms with E-state index >= 15 is 0 Å². The van der Waals surface area contributed by atoms with Crippen LogP contribution in [0.25, 0.3) is 0 Å². The number of aryl methyl sites for hydroxylation is 1. The van der Waals surface area contributed by atoms with Crippen LogP contribution in [0.2, 0.25) is 0 Å². The van der Waals surface area contributed by atoms with E-state index in [4.69, 9.17) is 9.47 Å². The number of hydrogen-bond acceptors (Lipinski definition) is 4. The molecule has 4 nitrogen and oxygen atoms in total. The maximum atomic E-state index is 9.70. The second-order valence-electron chi connectivity index (χ2n) is 5.00. The number of nitrogens with zero attached hydrogens (tertiary/aromatic N) is 1. The van der Waals surface area contributed by atoms with E-state index in [0.717, 1.165) is 35.7 Å². The molecule has 0 spiro atoms. The lowest BCUT2D eigenvalue weighted by molar-refractivity contribution is 0.146. The monoisotopic (exact) mass is 249 g/mol. The number of benzene rings is 1. The van der Waals surface area contributed by atoms with Crippen LogP contribution < -0.4 is 9.47 Å². The van der Waals surface area contributed by atoms with E-state index in [0.29, 0.717) is 6.79 Å². The van der Waals surface area contributed by atoms with Crippen molar-refractivity contribution >= 4 is 0 Å². The lowest BCUT2D eigenvalue weighted by atomic mass is 10.00. The minimum Gasteiger partial charge on any atom is -0.454 e. The van der Waals surface area contributed by atoms with Gasteiger partial charge in [0, 0.05) is 0 Å². The third-order valence-corrected chi connectivity index (χ3v) is 3.87. The van der Waals surface area contributed by atoms with E-state index in [2.05, 4.69) is 11.8 Å². The van der Waals surface area contributed by atoms with Crippen LogP contribution in [0.3, 0.4) is 0 Å². The lowest BCUT2D eigenvalue weighted by Gasteiger charge is -2.27.